The van der Waals surface area contributed by atoms with Gasteiger partial charge in [-0.25, -0.2) is 0 Å². The highest BCUT2D eigenvalue weighted by Crippen LogP contribution is 2.61. The Hall–Kier alpha value is -1.12. The van der Waals surface area contributed by atoms with Crippen molar-refractivity contribution < 1.29 is 14.3 Å². The first-order chi connectivity index (χ1) is 8.57. The minimum absolute atomic E-state index is 0.0856. The second-order valence-electron chi connectivity index (χ2n) is 5.74. The van der Waals surface area contributed by atoms with Crippen molar-refractivity contribution in [1.29, 1.82) is 0 Å². The number of methoxy groups -OCH3 is 1. The molecule has 0 spiro atoms. The smallest absolute Gasteiger partial charge is 0.316 e. The van der Waals surface area contributed by atoms with E-state index < -0.39 is 5.92 Å². The third kappa shape index (κ3) is 1.72. The third-order valence-electron chi connectivity index (χ3n) is 5.15. The fraction of sp³-hybridized carbons (Fsp3) is 0.733. The van der Waals surface area contributed by atoms with Crippen LogP contribution < -0.4 is 0 Å². The topological polar surface area (TPSA) is 43.4 Å². The molecule has 2 saturated carbocycles. The maximum atomic E-state index is 12.2. The quantitative estimate of drug-likeness (QED) is 0.438. The Bertz CT molecular complexity index is 366. The summed E-state index contributed by atoms with van der Waals surface area (Å²) in [6.45, 7) is 5.94. The predicted molar refractivity (Wildman–Crippen MR) is 68.9 cm³/mol. The SMILES string of the molecule is C=CCC[C@@]12[C@@H](CC[C@H]1C)CC(=O)[C@H]2C(=O)OC. The van der Waals surface area contributed by atoms with Crippen molar-refractivity contribution in [2.45, 2.75) is 39.0 Å². The van der Waals surface area contributed by atoms with Crippen LogP contribution in [-0.4, -0.2) is 18.9 Å². The Morgan fingerprint density at radius 2 is 2.28 bits per heavy atom. The van der Waals surface area contributed by atoms with Crippen molar-refractivity contribution in [2.75, 3.05) is 7.11 Å². The first-order valence-electron chi connectivity index (χ1n) is 6.79. The van der Waals surface area contributed by atoms with E-state index in [9.17, 15) is 9.59 Å². The summed E-state index contributed by atoms with van der Waals surface area (Å²) in [5, 5.41) is 0. The molecule has 0 aromatic carbocycles. The van der Waals surface area contributed by atoms with E-state index in [4.69, 9.17) is 4.74 Å². The van der Waals surface area contributed by atoms with E-state index in [1.807, 2.05) is 6.08 Å². The van der Waals surface area contributed by atoms with Crippen molar-refractivity contribution in [1.82, 2.24) is 0 Å². The number of ketones is 1. The zero-order valence-electron chi connectivity index (χ0n) is 11.3. The van der Waals surface area contributed by atoms with E-state index in [2.05, 4.69) is 13.5 Å². The van der Waals surface area contributed by atoms with Gasteiger partial charge in [0.1, 0.15) is 11.7 Å². The van der Waals surface area contributed by atoms with Crippen LogP contribution in [0.3, 0.4) is 0 Å². The minimum atomic E-state index is -0.537. The van der Waals surface area contributed by atoms with Gasteiger partial charge in [-0.2, -0.15) is 0 Å². The second-order valence-corrected chi connectivity index (χ2v) is 5.74. The predicted octanol–water partition coefficient (Wildman–Crippen LogP) is 2.75. The molecule has 0 N–H and O–H groups in total. The Morgan fingerprint density at radius 3 is 2.89 bits per heavy atom. The summed E-state index contributed by atoms with van der Waals surface area (Å²) in [5.41, 5.74) is -0.168. The summed E-state index contributed by atoms with van der Waals surface area (Å²) >= 11 is 0. The highest BCUT2D eigenvalue weighted by molar-refractivity contribution is 6.02. The molecule has 0 aliphatic heterocycles. The number of hydrogen-bond acceptors (Lipinski definition) is 3. The van der Waals surface area contributed by atoms with Crippen LogP contribution in [-0.2, 0) is 14.3 Å². The molecule has 0 aromatic rings. The van der Waals surface area contributed by atoms with E-state index in [-0.39, 0.29) is 17.2 Å². The number of fused-ring (bicyclic) bond motifs is 1. The summed E-state index contributed by atoms with van der Waals surface area (Å²) in [6, 6.07) is 0. The highest BCUT2D eigenvalue weighted by atomic mass is 16.5. The standard InChI is InChI=1S/C15H22O3/c1-4-5-8-15-10(2)6-7-11(15)9-12(16)13(15)14(17)18-3/h4,10-11,13H,1,5-9H2,2-3H3/t10-,11+,13+,15+/m1/s1. The average molecular weight is 250 g/mol. The van der Waals surface area contributed by atoms with E-state index in [1.54, 1.807) is 0 Å². The largest absolute Gasteiger partial charge is 0.468 e. The number of allylic oxidation sites excluding steroid dienone is 1. The maximum Gasteiger partial charge on any atom is 0.316 e. The Balaban J connectivity index is 2.38. The molecule has 18 heavy (non-hydrogen) atoms. The first kappa shape index (κ1) is 13.3. The number of rotatable bonds is 4. The fourth-order valence-corrected chi connectivity index (χ4v) is 4.28. The summed E-state index contributed by atoms with van der Waals surface area (Å²) in [4.78, 5) is 24.2. The van der Waals surface area contributed by atoms with Crippen molar-refractivity contribution in [3.8, 4) is 0 Å². The van der Waals surface area contributed by atoms with Crippen LogP contribution >= 0.6 is 0 Å². The second kappa shape index (κ2) is 4.87. The number of Topliss-reactive ketones (excluding diaryl/α,β-unsaturated/α-hetero) is 1. The van der Waals surface area contributed by atoms with Crippen LogP contribution in [0, 0.1) is 23.2 Å². The lowest BCUT2D eigenvalue weighted by Crippen LogP contribution is -2.40. The van der Waals surface area contributed by atoms with Gasteiger partial charge in [0.25, 0.3) is 0 Å². The molecule has 0 amide bonds. The molecule has 0 bridgehead atoms. The molecule has 0 aromatic heterocycles. The van der Waals surface area contributed by atoms with E-state index in [0.717, 1.165) is 25.7 Å². The number of carbonyl (C=O) groups is 2. The van der Waals surface area contributed by atoms with Gasteiger partial charge in [0.15, 0.2) is 0 Å². The van der Waals surface area contributed by atoms with Crippen LogP contribution in [0.1, 0.15) is 39.0 Å². The molecule has 3 heteroatoms. The zero-order chi connectivity index (χ0) is 13.3. The third-order valence-corrected chi connectivity index (χ3v) is 5.15. The number of carbonyl (C=O) groups excluding carboxylic acids is 2. The van der Waals surface area contributed by atoms with Gasteiger partial charge in [-0.1, -0.05) is 13.0 Å². The van der Waals surface area contributed by atoms with Crippen LogP contribution in [0.2, 0.25) is 0 Å². The van der Waals surface area contributed by atoms with Gasteiger partial charge in [-0.3, -0.25) is 9.59 Å². The van der Waals surface area contributed by atoms with Gasteiger partial charge in [0, 0.05) is 6.42 Å². The molecule has 0 heterocycles. The number of esters is 1. The van der Waals surface area contributed by atoms with E-state index in [1.165, 1.54) is 7.11 Å². The molecule has 2 aliphatic rings. The first-order valence-corrected chi connectivity index (χ1v) is 6.79. The summed E-state index contributed by atoms with van der Waals surface area (Å²) in [5.74, 6) is -0.00484. The summed E-state index contributed by atoms with van der Waals surface area (Å²) in [6.07, 6.45) is 6.37. The van der Waals surface area contributed by atoms with Crippen LogP contribution in [0.5, 0.6) is 0 Å². The normalized spacial score (nSPS) is 38.6. The molecule has 0 radical (unpaired) electrons. The average Bonchev–Trinajstić information content (AvgIpc) is 2.81. The Labute approximate surface area is 109 Å². The molecule has 4 atom stereocenters. The Morgan fingerprint density at radius 1 is 1.56 bits per heavy atom. The van der Waals surface area contributed by atoms with Crippen molar-refractivity contribution in [2.24, 2.45) is 23.2 Å². The fourth-order valence-electron chi connectivity index (χ4n) is 4.28. The lowest BCUT2D eigenvalue weighted by Gasteiger charge is -2.37. The summed E-state index contributed by atoms with van der Waals surface area (Å²) < 4.78 is 4.88. The molecule has 2 aliphatic carbocycles. The number of hydrogen-bond donors (Lipinski definition) is 0. The van der Waals surface area contributed by atoms with Gasteiger partial charge in [0.2, 0.25) is 0 Å². The van der Waals surface area contributed by atoms with Crippen LogP contribution in [0.25, 0.3) is 0 Å². The molecule has 100 valence electrons. The lowest BCUT2D eigenvalue weighted by atomic mass is 9.65. The van der Waals surface area contributed by atoms with E-state index in [0.29, 0.717) is 18.3 Å². The molecule has 2 fully saturated rings. The molecular formula is C15H22O3. The Kier molecular flexibility index (Phi) is 3.60. The monoisotopic (exact) mass is 250 g/mol. The summed E-state index contributed by atoms with van der Waals surface area (Å²) in [7, 11) is 1.38. The molecule has 0 saturated heterocycles. The maximum absolute atomic E-state index is 12.2. The van der Waals surface area contributed by atoms with Gasteiger partial charge in [0.05, 0.1) is 7.11 Å². The van der Waals surface area contributed by atoms with Crippen molar-refractivity contribution in [3.05, 3.63) is 12.7 Å². The molecule has 0 unspecified atom stereocenters. The zero-order valence-corrected chi connectivity index (χ0v) is 11.3. The van der Waals surface area contributed by atoms with E-state index >= 15 is 0 Å². The van der Waals surface area contributed by atoms with Crippen LogP contribution in [0.15, 0.2) is 12.7 Å². The van der Waals surface area contributed by atoms with Gasteiger partial charge < -0.3 is 4.74 Å². The van der Waals surface area contributed by atoms with Crippen molar-refractivity contribution in [3.63, 3.8) is 0 Å². The minimum Gasteiger partial charge on any atom is -0.468 e. The van der Waals surface area contributed by atoms with Gasteiger partial charge in [-0.05, 0) is 42.9 Å². The van der Waals surface area contributed by atoms with Crippen LogP contribution in [0.4, 0.5) is 0 Å². The number of ether oxygens (including phenoxy) is 1. The van der Waals surface area contributed by atoms with Gasteiger partial charge in [-0.15, -0.1) is 6.58 Å². The van der Waals surface area contributed by atoms with Crippen molar-refractivity contribution >= 4 is 11.8 Å². The molecule has 2 rings (SSSR count). The highest BCUT2D eigenvalue weighted by Gasteiger charge is 2.62. The van der Waals surface area contributed by atoms with Gasteiger partial charge >= 0.3 is 5.97 Å². The lowest BCUT2D eigenvalue weighted by molar-refractivity contribution is -0.154. The molecule has 3 nitrogen and oxygen atoms in total. The molecular weight excluding hydrogens is 228 g/mol.